The summed E-state index contributed by atoms with van der Waals surface area (Å²) in [6.07, 6.45) is 2.79. The number of ether oxygens (including phenoxy) is 1. The van der Waals surface area contributed by atoms with Crippen LogP contribution in [0.4, 0.5) is 0 Å². The van der Waals surface area contributed by atoms with Crippen molar-refractivity contribution in [2.45, 2.75) is 39.2 Å². The molecule has 1 aromatic carbocycles. The van der Waals surface area contributed by atoms with Gasteiger partial charge in [0.1, 0.15) is 6.10 Å². The summed E-state index contributed by atoms with van der Waals surface area (Å²) in [6.45, 7) is 3.56. The minimum absolute atomic E-state index is 0.0231. The third kappa shape index (κ3) is 4.63. The zero-order chi connectivity index (χ0) is 11.1. The lowest BCUT2D eigenvalue weighted by Crippen LogP contribution is -2.18. The van der Waals surface area contributed by atoms with E-state index in [2.05, 4.69) is 19.1 Å². The molecular formula is C13H18O2. The van der Waals surface area contributed by atoms with Crippen molar-refractivity contribution in [2.24, 2.45) is 0 Å². The van der Waals surface area contributed by atoms with Gasteiger partial charge >= 0.3 is 5.97 Å². The zero-order valence-electron chi connectivity index (χ0n) is 9.40. The fourth-order valence-electron chi connectivity index (χ4n) is 1.64. The summed E-state index contributed by atoms with van der Waals surface area (Å²) in [5.41, 5.74) is 1.22. The molecule has 0 radical (unpaired) electrons. The molecule has 15 heavy (non-hydrogen) atoms. The Bertz CT molecular complexity index is 293. The molecule has 0 fully saturated rings. The van der Waals surface area contributed by atoms with Crippen molar-refractivity contribution < 1.29 is 9.53 Å². The van der Waals surface area contributed by atoms with E-state index in [1.165, 1.54) is 12.5 Å². The van der Waals surface area contributed by atoms with Crippen LogP contribution in [-0.4, -0.2) is 12.1 Å². The Morgan fingerprint density at radius 2 is 2.00 bits per heavy atom. The summed E-state index contributed by atoms with van der Waals surface area (Å²) in [4.78, 5) is 10.9. The molecule has 0 saturated heterocycles. The highest BCUT2D eigenvalue weighted by Crippen LogP contribution is 2.10. The number of carbonyl (C=O) groups excluding carboxylic acids is 1. The van der Waals surface area contributed by atoms with Crippen LogP contribution in [0.3, 0.4) is 0 Å². The maximum Gasteiger partial charge on any atom is 0.302 e. The van der Waals surface area contributed by atoms with E-state index in [9.17, 15) is 4.79 Å². The van der Waals surface area contributed by atoms with Crippen LogP contribution < -0.4 is 0 Å². The number of hydrogen-bond donors (Lipinski definition) is 0. The molecule has 2 nitrogen and oxygen atoms in total. The van der Waals surface area contributed by atoms with E-state index in [0.717, 1.165) is 19.3 Å². The summed E-state index contributed by atoms with van der Waals surface area (Å²) in [5, 5.41) is 0. The van der Waals surface area contributed by atoms with Crippen LogP contribution in [-0.2, 0) is 16.0 Å². The van der Waals surface area contributed by atoms with Crippen molar-refractivity contribution in [3.05, 3.63) is 35.9 Å². The second-order valence-electron chi connectivity index (χ2n) is 3.71. The highest BCUT2D eigenvalue weighted by molar-refractivity contribution is 5.66. The average molecular weight is 206 g/mol. The smallest absolute Gasteiger partial charge is 0.302 e. The second kappa shape index (κ2) is 6.23. The molecule has 0 aliphatic heterocycles. The van der Waals surface area contributed by atoms with Gasteiger partial charge in [0.15, 0.2) is 0 Å². The molecule has 0 N–H and O–H groups in total. The summed E-state index contributed by atoms with van der Waals surface area (Å²) >= 11 is 0. The molecular weight excluding hydrogens is 188 g/mol. The Morgan fingerprint density at radius 1 is 1.33 bits per heavy atom. The number of hydrogen-bond acceptors (Lipinski definition) is 2. The van der Waals surface area contributed by atoms with Crippen LogP contribution in [0.25, 0.3) is 0 Å². The number of rotatable bonds is 5. The summed E-state index contributed by atoms with van der Waals surface area (Å²) < 4.78 is 5.26. The largest absolute Gasteiger partial charge is 0.462 e. The lowest BCUT2D eigenvalue weighted by Gasteiger charge is -2.16. The first kappa shape index (κ1) is 11.8. The van der Waals surface area contributed by atoms with Gasteiger partial charge in [-0.2, -0.15) is 0 Å². The molecule has 0 amide bonds. The first-order valence-electron chi connectivity index (χ1n) is 5.43. The second-order valence-corrected chi connectivity index (χ2v) is 3.71. The monoisotopic (exact) mass is 206 g/mol. The van der Waals surface area contributed by atoms with Gasteiger partial charge in [-0.25, -0.2) is 0 Å². The first-order chi connectivity index (χ1) is 7.22. The molecule has 2 heteroatoms. The summed E-state index contributed by atoms with van der Waals surface area (Å²) in [7, 11) is 0. The maximum atomic E-state index is 10.9. The quantitative estimate of drug-likeness (QED) is 0.692. The van der Waals surface area contributed by atoms with Gasteiger partial charge in [0.25, 0.3) is 0 Å². The van der Waals surface area contributed by atoms with Crippen molar-refractivity contribution in [1.29, 1.82) is 0 Å². The van der Waals surface area contributed by atoms with Gasteiger partial charge in [0.2, 0.25) is 0 Å². The molecule has 82 valence electrons. The van der Waals surface area contributed by atoms with Gasteiger partial charge in [-0.1, -0.05) is 43.7 Å². The Kier molecular flexibility index (Phi) is 4.88. The van der Waals surface area contributed by atoms with Crippen LogP contribution in [0.2, 0.25) is 0 Å². The predicted molar refractivity (Wildman–Crippen MR) is 60.6 cm³/mol. The van der Waals surface area contributed by atoms with Gasteiger partial charge < -0.3 is 4.74 Å². The van der Waals surface area contributed by atoms with Gasteiger partial charge in [-0.3, -0.25) is 4.79 Å². The van der Waals surface area contributed by atoms with E-state index in [4.69, 9.17) is 4.74 Å². The number of esters is 1. The minimum atomic E-state index is -0.190. The standard InChI is InChI=1S/C13H18O2/c1-3-7-13(15-11(2)14)10-12-8-5-4-6-9-12/h4-6,8-9,13H,3,7,10H2,1-2H3/t13-/m1/s1. The Hall–Kier alpha value is -1.31. The van der Waals surface area contributed by atoms with Crippen LogP contribution in [0.1, 0.15) is 32.3 Å². The fraction of sp³-hybridized carbons (Fsp3) is 0.462. The average Bonchev–Trinajstić information content (AvgIpc) is 2.18. The third-order valence-corrected chi connectivity index (χ3v) is 2.25. The number of carbonyl (C=O) groups is 1. The van der Waals surface area contributed by atoms with Gasteiger partial charge in [0.05, 0.1) is 0 Å². The molecule has 1 aromatic rings. The highest BCUT2D eigenvalue weighted by Gasteiger charge is 2.11. The Labute approximate surface area is 91.3 Å². The van der Waals surface area contributed by atoms with E-state index in [1.807, 2.05) is 18.2 Å². The van der Waals surface area contributed by atoms with Gasteiger partial charge in [0, 0.05) is 13.3 Å². The molecule has 0 aliphatic rings. The summed E-state index contributed by atoms with van der Waals surface area (Å²) in [6, 6.07) is 10.1. The van der Waals surface area contributed by atoms with Crippen LogP contribution in [0.15, 0.2) is 30.3 Å². The molecule has 0 aliphatic carbocycles. The predicted octanol–water partition coefficient (Wildman–Crippen LogP) is 2.96. The van der Waals surface area contributed by atoms with E-state index in [0.29, 0.717) is 0 Å². The molecule has 1 rings (SSSR count). The first-order valence-corrected chi connectivity index (χ1v) is 5.43. The van der Waals surface area contributed by atoms with Crippen LogP contribution >= 0.6 is 0 Å². The normalized spacial score (nSPS) is 12.1. The molecule has 1 atom stereocenters. The number of benzene rings is 1. The van der Waals surface area contributed by atoms with Crippen molar-refractivity contribution in [3.8, 4) is 0 Å². The molecule has 0 bridgehead atoms. The zero-order valence-corrected chi connectivity index (χ0v) is 9.40. The van der Waals surface area contributed by atoms with Gasteiger partial charge in [-0.15, -0.1) is 0 Å². The van der Waals surface area contributed by atoms with E-state index in [-0.39, 0.29) is 12.1 Å². The van der Waals surface area contributed by atoms with Crippen molar-refractivity contribution in [1.82, 2.24) is 0 Å². The lowest BCUT2D eigenvalue weighted by atomic mass is 10.0. The van der Waals surface area contributed by atoms with E-state index in [1.54, 1.807) is 0 Å². The van der Waals surface area contributed by atoms with E-state index < -0.39 is 0 Å². The van der Waals surface area contributed by atoms with Crippen molar-refractivity contribution in [3.63, 3.8) is 0 Å². The summed E-state index contributed by atoms with van der Waals surface area (Å²) in [5.74, 6) is -0.190. The van der Waals surface area contributed by atoms with E-state index >= 15 is 0 Å². The molecule has 0 spiro atoms. The maximum absolute atomic E-state index is 10.9. The highest BCUT2D eigenvalue weighted by atomic mass is 16.5. The van der Waals surface area contributed by atoms with Crippen LogP contribution in [0.5, 0.6) is 0 Å². The SMILES string of the molecule is CCC[C@H](Cc1ccccc1)OC(C)=O. The van der Waals surface area contributed by atoms with Crippen molar-refractivity contribution in [2.75, 3.05) is 0 Å². The third-order valence-electron chi connectivity index (χ3n) is 2.25. The minimum Gasteiger partial charge on any atom is -0.462 e. The molecule has 0 heterocycles. The van der Waals surface area contributed by atoms with Gasteiger partial charge in [-0.05, 0) is 12.0 Å². The van der Waals surface area contributed by atoms with Crippen molar-refractivity contribution >= 4 is 5.97 Å². The fourth-order valence-corrected chi connectivity index (χ4v) is 1.64. The molecule has 0 unspecified atom stereocenters. The Balaban J connectivity index is 2.54. The molecule has 0 saturated carbocycles. The Morgan fingerprint density at radius 3 is 2.53 bits per heavy atom. The molecule has 0 aromatic heterocycles. The topological polar surface area (TPSA) is 26.3 Å². The lowest BCUT2D eigenvalue weighted by molar-refractivity contribution is -0.146. The van der Waals surface area contributed by atoms with Crippen LogP contribution in [0, 0.1) is 0 Å².